The van der Waals surface area contributed by atoms with Gasteiger partial charge in [-0.05, 0) is 79.3 Å². The summed E-state index contributed by atoms with van der Waals surface area (Å²) in [6, 6.07) is 11.4. The van der Waals surface area contributed by atoms with Gasteiger partial charge in [-0.25, -0.2) is 4.98 Å². The van der Waals surface area contributed by atoms with E-state index in [4.69, 9.17) is 11.6 Å². The minimum atomic E-state index is -4.70. The number of anilines is 2. The van der Waals surface area contributed by atoms with E-state index >= 15 is 0 Å². The summed E-state index contributed by atoms with van der Waals surface area (Å²) in [5, 5.41) is 4.77. The van der Waals surface area contributed by atoms with Crippen LogP contribution in [0.3, 0.4) is 0 Å². The molecule has 0 fully saturated rings. The van der Waals surface area contributed by atoms with E-state index in [0.29, 0.717) is 16.5 Å². The van der Waals surface area contributed by atoms with Gasteiger partial charge in [0.15, 0.2) is 0 Å². The van der Waals surface area contributed by atoms with Gasteiger partial charge in [-0.3, -0.25) is 0 Å². The lowest BCUT2D eigenvalue weighted by Crippen LogP contribution is -2.16. The Morgan fingerprint density at radius 3 is 2.48 bits per heavy atom. The molecule has 1 aromatic heterocycles. The van der Waals surface area contributed by atoms with Crippen molar-refractivity contribution in [1.29, 1.82) is 0 Å². The van der Waals surface area contributed by atoms with E-state index in [1.807, 2.05) is 12.1 Å². The zero-order valence-electron chi connectivity index (χ0n) is 14.2. The first kappa shape index (κ1) is 17.9. The van der Waals surface area contributed by atoms with Crippen LogP contribution in [0.15, 0.2) is 42.5 Å². The lowest BCUT2D eigenvalue weighted by molar-refractivity contribution is -0.274. The molecule has 140 valence electrons. The summed E-state index contributed by atoms with van der Waals surface area (Å²) in [4.78, 5) is 4.61. The van der Waals surface area contributed by atoms with Gasteiger partial charge >= 0.3 is 6.36 Å². The number of aromatic nitrogens is 1. The summed E-state index contributed by atoms with van der Waals surface area (Å²) >= 11 is 6.60. The molecule has 27 heavy (non-hydrogen) atoms. The molecule has 0 unspecified atom stereocenters. The first-order chi connectivity index (χ1) is 12.9. The van der Waals surface area contributed by atoms with Gasteiger partial charge in [0.2, 0.25) is 0 Å². The number of hydrogen-bond acceptors (Lipinski definition) is 3. The van der Waals surface area contributed by atoms with Gasteiger partial charge in [-0.2, -0.15) is 0 Å². The molecule has 1 aliphatic carbocycles. The Bertz CT molecular complexity index is 987. The number of halogens is 4. The standard InChI is InChI=1S/C20H16ClF3N2O/c21-18-16-4-2-1-3-12(16)11-13-5-10-17(26-19(13)18)25-14-6-8-15(9-7-14)27-20(22,23)24/h5-11H,1-4H2,(H,25,26). The molecule has 1 aliphatic rings. The number of aryl methyl sites for hydroxylation is 1. The average Bonchev–Trinajstić information content (AvgIpc) is 2.63. The molecule has 4 rings (SSSR count). The van der Waals surface area contributed by atoms with Gasteiger partial charge in [0.1, 0.15) is 11.6 Å². The second-order valence-electron chi connectivity index (χ2n) is 6.50. The predicted octanol–water partition coefficient (Wildman–Crippen LogP) is 6.41. The first-order valence-electron chi connectivity index (χ1n) is 8.63. The van der Waals surface area contributed by atoms with Crippen LogP contribution in [0, 0.1) is 0 Å². The molecule has 1 heterocycles. The van der Waals surface area contributed by atoms with E-state index < -0.39 is 6.36 Å². The van der Waals surface area contributed by atoms with Crippen molar-refractivity contribution in [2.24, 2.45) is 0 Å². The fraction of sp³-hybridized carbons (Fsp3) is 0.250. The third kappa shape index (κ3) is 3.95. The maximum absolute atomic E-state index is 12.2. The number of alkyl halides is 3. The molecule has 0 bridgehead atoms. The molecular formula is C20H16ClF3N2O. The van der Waals surface area contributed by atoms with Crippen molar-refractivity contribution in [3.63, 3.8) is 0 Å². The Labute approximate surface area is 159 Å². The van der Waals surface area contributed by atoms with Crippen molar-refractivity contribution in [3.8, 4) is 5.75 Å². The highest BCUT2D eigenvalue weighted by Gasteiger charge is 2.30. The largest absolute Gasteiger partial charge is 0.573 e. The Morgan fingerprint density at radius 2 is 1.74 bits per heavy atom. The molecular weight excluding hydrogens is 377 g/mol. The van der Waals surface area contributed by atoms with E-state index in [1.165, 1.54) is 41.8 Å². The number of pyridine rings is 1. The third-order valence-corrected chi connectivity index (χ3v) is 5.01. The molecule has 1 N–H and O–H groups in total. The Kier molecular flexibility index (Phi) is 4.60. The minimum Gasteiger partial charge on any atom is -0.406 e. The third-order valence-electron chi connectivity index (χ3n) is 4.60. The fourth-order valence-electron chi connectivity index (χ4n) is 3.39. The van der Waals surface area contributed by atoms with Gasteiger partial charge in [0, 0.05) is 11.1 Å². The molecule has 0 atom stereocenters. The molecule has 2 aromatic carbocycles. The normalized spacial score (nSPS) is 14.1. The van der Waals surface area contributed by atoms with Crippen molar-refractivity contribution in [2.75, 3.05) is 5.32 Å². The SMILES string of the molecule is FC(F)(F)Oc1ccc(Nc2ccc3cc4c(c(Cl)c3n2)CCCC4)cc1. The average molecular weight is 393 g/mol. The minimum absolute atomic E-state index is 0.269. The molecule has 7 heteroatoms. The van der Waals surface area contributed by atoms with Crippen molar-refractivity contribution in [1.82, 2.24) is 4.98 Å². The van der Waals surface area contributed by atoms with Crippen LogP contribution in [-0.4, -0.2) is 11.3 Å². The first-order valence-corrected chi connectivity index (χ1v) is 9.01. The van der Waals surface area contributed by atoms with Crippen LogP contribution in [-0.2, 0) is 12.8 Å². The molecule has 0 radical (unpaired) electrons. The molecule has 0 saturated carbocycles. The van der Waals surface area contributed by atoms with E-state index in [1.54, 1.807) is 0 Å². The van der Waals surface area contributed by atoms with E-state index in [2.05, 4.69) is 21.1 Å². The zero-order valence-corrected chi connectivity index (χ0v) is 15.0. The molecule has 0 spiro atoms. The van der Waals surface area contributed by atoms with Crippen molar-refractivity contribution in [3.05, 3.63) is 58.6 Å². The maximum atomic E-state index is 12.2. The second kappa shape index (κ2) is 6.93. The zero-order chi connectivity index (χ0) is 19.0. The van der Waals surface area contributed by atoms with Gasteiger partial charge in [0.05, 0.1) is 10.5 Å². The number of rotatable bonds is 3. The number of benzene rings is 2. The van der Waals surface area contributed by atoms with Crippen LogP contribution in [0.4, 0.5) is 24.7 Å². The predicted molar refractivity (Wildman–Crippen MR) is 99.8 cm³/mol. The quantitative estimate of drug-likeness (QED) is 0.559. The van der Waals surface area contributed by atoms with E-state index in [0.717, 1.165) is 30.2 Å². The number of ether oxygens (including phenoxy) is 1. The monoisotopic (exact) mass is 392 g/mol. The van der Waals surface area contributed by atoms with E-state index in [-0.39, 0.29) is 5.75 Å². The summed E-state index contributed by atoms with van der Waals surface area (Å²) in [5.74, 6) is 0.304. The summed E-state index contributed by atoms with van der Waals surface area (Å²) in [7, 11) is 0. The second-order valence-corrected chi connectivity index (χ2v) is 6.88. The van der Waals surface area contributed by atoms with Gasteiger partial charge in [-0.1, -0.05) is 11.6 Å². The van der Waals surface area contributed by atoms with Crippen molar-refractivity contribution in [2.45, 2.75) is 32.0 Å². The van der Waals surface area contributed by atoms with Crippen LogP contribution in [0.25, 0.3) is 10.9 Å². The molecule has 0 amide bonds. The molecule has 3 aromatic rings. The van der Waals surface area contributed by atoms with Crippen LogP contribution in [0.1, 0.15) is 24.0 Å². The summed E-state index contributed by atoms with van der Waals surface area (Å²) in [5.41, 5.74) is 3.81. The van der Waals surface area contributed by atoms with Crippen LogP contribution in [0.2, 0.25) is 5.02 Å². The van der Waals surface area contributed by atoms with Gasteiger partial charge in [0.25, 0.3) is 0 Å². The topological polar surface area (TPSA) is 34.1 Å². The lowest BCUT2D eigenvalue weighted by atomic mass is 9.90. The number of nitrogens with zero attached hydrogens (tertiary/aromatic N) is 1. The van der Waals surface area contributed by atoms with Crippen LogP contribution >= 0.6 is 11.6 Å². The number of hydrogen-bond donors (Lipinski definition) is 1. The summed E-state index contributed by atoms with van der Waals surface area (Å²) < 4.78 is 40.6. The molecule has 0 saturated heterocycles. The summed E-state index contributed by atoms with van der Waals surface area (Å²) in [6.45, 7) is 0. The highest BCUT2D eigenvalue weighted by molar-refractivity contribution is 6.36. The van der Waals surface area contributed by atoms with Crippen molar-refractivity contribution >= 4 is 34.0 Å². The smallest absolute Gasteiger partial charge is 0.406 e. The maximum Gasteiger partial charge on any atom is 0.573 e. The summed E-state index contributed by atoms with van der Waals surface area (Å²) in [6.07, 6.45) is -0.398. The van der Waals surface area contributed by atoms with E-state index in [9.17, 15) is 13.2 Å². The molecule has 3 nitrogen and oxygen atoms in total. The Balaban J connectivity index is 1.60. The van der Waals surface area contributed by atoms with Gasteiger partial charge < -0.3 is 10.1 Å². The van der Waals surface area contributed by atoms with Crippen molar-refractivity contribution < 1.29 is 17.9 Å². The lowest BCUT2D eigenvalue weighted by Gasteiger charge is -2.18. The Hall–Kier alpha value is -2.47. The fourth-order valence-corrected chi connectivity index (χ4v) is 3.76. The van der Waals surface area contributed by atoms with Crippen LogP contribution < -0.4 is 10.1 Å². The highest BCUT2D eigenvalue weighted by atomic mass is 35.5. The number of nitrogens with one attached hydrogen (secondary N) is 1. The van der Waals surface area contributed by atoms with Gasteiger partial charge in [-0.15, -0.1) is 13.2 Å². The van der Waals surface area contributed by atoms with Crippen LogP contribution in [0.5, 0.6) is 5.75 Å². The highest BCUT2D eigenvalue weighted by Crippen LogP contribution is 2.35. The molecule has 0 aliphatic heterocycles. The number of fused-ring (bicyclic) bond motifs is 2. The Morgan fingerprint density at radius 1 is 1.00 bits per heavy atom.